The summed E-state index contributed by atoms with van der Waals surface area (Å²) in [6.07, 6.45) is 2.38. The number of fused-ring (bicyclic) bond motifs is 1. The number of benzene rings is 2. The molecule has 1 amide bonds. The minimum atomic E-state index is -0.128. The zero-order chi connectivity index (χ0) is 18.5. The molecule has 136 valence electrons. The van der Waals surface area contributed by atoms with Crippen LogP contribution in [0, 0.1) is 6.92 Å². The van der Waals surface area contributed by atoms with Crippen molar-refractivity contribution in [3.63, 3.8) is 0 Å². The van der Waals surface area contributed by atoms with E-state index in [1.54, 1.807) is 30.2 Å². The first-order valence-corrected chi connectivity index (χ1v) is 10.6. The van der Waals surface area contributed by atoms with Gasteiger partial charge in [0.2, 0.25) is 0 Å². The zero-order valence-electron chi connectivity index (χ0n) is 15.2. The number of carbonyl (C=O) groups excluding carboxylic acids is 1. The van der Waals surface area contributed by atoms with Gasteiger partial charge >= 0.3 is 0 Å². The van der Waals surface area contributed by atoms with Crippen molar-refractivity contribution in [3.05, 3.63) is 58.4 Å². The summed E-state index contributed by atoms with van der Waals surface area (Å²) >= 11 is 3.37. The highest BCUT2D eigenvalue weighted by Gasteiger charge is 2.09. The molecule has 0 saturated carbocycles. The molecular formula is C20H22N2O2S2. The molecule has 26 heavy (non-hydrogen) atoms. The van der Waals surface area contributed by atoms with E-state index in [-0.39, 0.29) is 5.91 Å². The lowest BCUT2D eigenvalue weighted by atomic mass is 10.1. The Morgan fingerprint density at radius 1 is 1.23 bits per heavy atom. The molecule has 0 atom stereocenters. The van der Waals surface area contributed by atoms with Crippen molar-refractivity contribution in [1.29, 1.82) is 0 Å². The summed E-state index contributed by atoms with van der Waals surface area (Å²) < 4.78 is 8.48. The number of ether oxygens (including phenoxy) is 1. The first-order chi connectivity index (χ1) is 12.6. The van der Waals surface area contributed by atoms with Gasteiger partial charge in [-0.25, -0.2) is 0 Å². The summed E-state index contributed by atoms with van der Waals surface area (Å²) in [6.45, 7) is 2.93. The first-order valence-electron chi connectivity index (χ1n) is 8.40. The van der Waals surface area contributed by atoms with E-state index < -0.39 is 0 Å². The number of aromatic nitrogens is 1. The second-order valence-corrected chi connectivity index (χ2v) is 8.03. The van der Waals surface area contributed by atoms with E-state index in [0.717, 1.165) is 33.9 Å². The van der Waals surface area contributed by atoms with Gasteiger partial charge < -0.3 is 9.30 Å². The van der Waals surface area contributed by atoms with Crippen LogP contribution in [0.3, 0.4) is 0 Å². The van der Waals surface area contributed by atoms with Gasteiger partial charge in [-0.2, -0.15) is 16.8 Å². The van der Waals surface area contributed by atoms with Gasteiger partial charge in [-0.15, -0.1) is 0 Å². The fourth-order valence-electron chi connectivity index (χ4n) is 2.73. The number of amides is 1. The Balaban J connectivity index is 1.92. The van der Waals surface area contributed by atoms with Crippen LogP contribution < -0.4 is 9.54 Å². The van der Waals surface area contributed by atoms with Crippen molar-refractivity contribution in [3.8, 4) is 5.75 Å². The smallest absolute Gasteiger partial charge is 0.252 e. The summed E-state index contributed by atoms with van der Waals surface area (Å²) in [6, 6.07) is 13.9. The summed E-state index contributed by atoms with van der Waals surface area (Å²) in [7, 11) is 1.63. The maximum absolute atomic E-state index is 12.5. The Labute approximate surface area is 161 Å². The van der Waals surface area contributed by atoms with E-state index in [4.69, 9.17) is 4.74 Å². The molecule has 0 N–H and O–H groups in total. The predicted molar refractivity (Wildman–Crippen MR) is 110 cm³/mol. The molecule has 0 aliphatic rings. The maximum atomic E-state index is 12.5. The van der Waals surface area contributed by atoms with Crippen molar-refractivity contribution >= 4 is 39.2 Å². The van der Waals surface area contributed by atoms with Gasteiger partial charge in [0.15, 0.2) is 4.80 Å². The fraction of sp³-hybridized carbons (Fsp3) is 0.300. The van der Waals surface area contributed by atoms with Gasteiger partial charge in [0, 0.05) is 12.3 Å². The van der Waals surface area contributed by atoms with Crippen LogP contribution in [0.2, 0.25) is 0 Å². The zero-order valence-corrected chi connectivity index (χ0v) is 16.8. The fourth-order valence-corrected chi connectivity index (χ4v) is 4.27. The van der Waals surface area contributed by atoms with Crippen LogP contribution in [0.25, 0.3) is 10.2 Å². The monoisotopic (exact) mass is 386 g/mol. The number of hydrogen-bond acceptors (Lipinski definition) is 4. The van der Waals surface area contributed by atoms with Crippen LogP contribution in [0.1, 0.15) is 11.1 Å². The predicted octanol–water partition coefficient (Wildman–Crippen LogP) is 4.05. The van der Waals surface area contributed by atoms with Crippen molar-refractivity contribution in [1.82, 2.24) is 4.57 Å². The largest absolute Gasteiger partial charge is 0.497 e. The number of hydrogen-bond donors (Lipinski definition) is 0. The van der Waals surface area contributed by atoms with Crippen molar-refractivity contribution in [2.75, 3.05) is 19.1 Å². The molecule has 1 heterocycles. The van der Waals surface area contributed by atoms with Crippen LogP contribution in [0.4, 0.5) is 0 Å². The molecule has 3 aromatic rings. The third-order valence-electron chi connectivity index (χ3n) is 4.09. The van der Waals surface area contributed by atoms with Gasteiger partial charge in [-0.3, -0.25) is 4.79 Å². The van der Waals surface area contributed by atoms with E-state index in [2.05, 4.69) is 40.9 Å². The summed E-state index contributed by atoms with van der Waals surface area (Å²) in [4.78, 5) is 17.7. The van der Waals surface area contributed by atoms with Crippen LogP contribution in [-0.4, -0.2) is 29.6 Å². The summed E-state index contributed by atoms with van der Waals surface area (Å²) in [5.41, 5.74) is 3.30. The highest BCUT2D eigenvalue weighted by atomic mass is 32.2. The molecule has 0 radical (unpaired) electrons. The molecule has 0 aliphatic carbocycles. The van der Waals surface area contributed by atoms with Crippen LogP contribution in [0.15, 0.2) is 47.5 Å². The quantitative estimate of drug-likeness (QED) is 0.642. The van der Waals surface area contributed by atoms with E-state index in [1.807, 2.05) is 24.3 Å². The number of rotatable bonds is 6. The van der Waals surface area contributed by atoms with Crippen molar-refractivity contribution in [2.24, 2.45) is 4.99 Å². The Kier molecular flexibility index (Phi) is 6.16. The van der Waals surface area contributed by atoms with Crippen LogP contribution in [-0.2, 0) is 17.8 Å². The van der Waals surface area contributed by atoms with Gasteiger partial charge in [0.25, 0.3) is 5.91 Å². The molecule has 0 unspecified atom stereocenters. The lowest BCUT2D eigenvalue weighted by Gasteiger charge is -2.04. The molecule has 1 aromatic heterocycles. The van der Waals surface area contributed by atoms with E-state index >= 15 is 0 Å². The topological polar surface area (TPSA) is 43.6 Å². The van der Waals surface area contributed by atoms with Crippen LogP contribution >= 0.6 is 23.1 Å². The second-order valence-electron chi connectivity index (χ2n) is 6.03. The van der Waals surface area contributed by atoms with Crippen molar-refractivity contribution in [2.45, 2.75) is 19.9 Å². The molecule has 0 bridgehead atoms. The average Bonchev–Trinajstić information content (AvgIpc) is 2.96. The number of thioether (sulfide) groups is 1. The molecule has 2 aromatic carbocycles. The minimum Gasteiger partial charge on any atom is -0.497 e. The van der Waals surface area contributed by atoms with E-state index in [1.165, 1.54) is 10.3 Å². The third kappa shape index (κ3) is 4.37. The van der Waals surface area contributed by atoms with Gasteiger partial charge in [0.05, 0.1) is 23.7 Å². The summed E-state index contributed by atoms with van der Waals surface area (Å²) in [5, 5.41) is 0. The maximum Gasteiger partial charge on any atom is 0.252 e. The molecule has 4 nitrogen and oxygen atoms in total. The summed E-state index contributed by atoms with van der Waals surface area (Å²) in [5.74, 6) is 1.64. The number of carbonyl (C=O) groups is 1. The number of thiazole rings is 1. The first kappa shape index (κ1) is 18.7. The van der Waals surface area contributed by atoms with Gasteiger partial charge in [-0.05, 0) is 48.6 Å². The lowest BCUT2D eigenvalue weighted by molar-refractivity contribution is -0.117. The van der Waals surface area contributed by atoms with E-state index in [0.29, 0.717) is 6.42 Å². The molecule has 3 rings (SSSR count). The Hall–Kier alpha value is -2.05. The molecular weight excluding hydrogens is 364 g/mol. The SMILES string of the molecule is COc1ccc(CC(=O)N=c2sc3cc(C)ccc3n2CCSC)cc1. The molecule has 0 fully saturated rings. The van der Waals surface area contributed by atoms with Crippen molar-refractivity contribution < 1.29 is 9.53 Å². The Morgan fingerprint density at radius 3 is 2.69 bits per heavy atom. The van der Waals surface area contributed by atoms with Crippen LogP contribution in [0.5, 0.6) is 5.75 Å². The minimum absolute atomic E-state index is 0.128. The van der Waals surface area contributed by atoms with E-state index in [9.17, 15) is 4.79 Å². The molecule has 6 heteroatoms. The standard InChI is InChI=1S/C20H22N2O2S2/c1-14-4-9-17-18(12-14)26-20(22(17)10-11-25-3)21-19(23)13-15-5-7-16(24-2)8-6-15/h4-9,12H,10-11,13H2,1-3H3. The Bertz CT molecular complexity index is 972. The lowest BCUT2D eigenvalue weighted by Crippen LogP contribution is -2.18. The second kappa shape index (κ2) is 8.56. The molecule has 0 spiro atoms. The number of methoxy groups -OCH3 is 1. The highest BCUT2D eigenvalue weighted by molar-refractivity contribution is 7.98. The van der Waals surface area contributed by atoms with Gasteiger partial charge in [-0.1, -0.05) is 29.5 Å². The number of nitrogens with zero attached hydrogens (tertiary/aromatic N) is 2. The Morgan fingerprint density at radius 2 is 2.00 bits per heavy atom. The average molecular weight is 387 g/mol. The molecule has 0 saturated heterocycles. The van der Waals surface area contributed by atoms with Gasteiger partial charge in [0.1, 0.15) is 5.75 Å². The third-order valence-corrected chi connectivity index (χ3v) is 5.72. The highest BCUT2D eigenvalue weighted by Crippen LogP contribution is 2.19. The normalized spacial score (nSPS) is 11.9. The molecule has 0 aliphatic heterocycles. The number of aryl methyl sites for hydroxylation is 2.